The van der Waals surface area contributed by atoms with Crippen LogP contribution in [0.2, 0.25) is 0 Å². The molecule has 0 spiro atoms. The van der Waals surface area contributed by atoms with Crippen LogP contribution in [0.25, 0.3) is 0 Å². The summed E-state index contributed by atoms with van der Waals surface area (Å²) in [4.78, 5) is 7.36. The number of rotatable bonds is 4. The van der Waals surface area contributed by atoms with Crippen LogP contribution in [0.3, 0.4) is 0 Å². The molecule has 5 rings (SSSR count). The van der Waals surface area contributed by atoms with Gasteiger partial charge in [-0.2, -0.15) is 0 Å². The van der Waals surface area contributed by atoms with Crippen molar-refractivity contribution in [1.29, 1.82) is 0 Å². The zero-order valence-electron chi connectivity index (χ0n) is 18.6. The van der Waals surface area contributed by atoms with E-state index in [0.717, 1.165) is 38.4 Å². The summed E-state index contributed by atoms with van der Waals surface area (Å²) in [6.45, 7) is 11.6. The van der Waals surface area contributed by atoms with Crippen LogP contribution in [-0.4, -0.2) is 64.1 Å². The number of nitrogens with zero attached hydrogens (tertiary/aromatic N) is 3. The number of fused-ring (bicyclic) bond motifs is 1. The predicted octanol–water partition coefficient (Wildman–Crippen LogP) is 3.27. The van der Waals surface area contributed by atoms with Gasteiger partial charge in [0, 0.05) is 68.0 Å². The van der Waals surface area contributed by atoms with Crippen LogP contribution in [0.1, 0.15) is 19.4 Å². The van der Waals surface area contributed by atoms with Crippen LogP contribution in [0, 0.1) is 10.8 Å². The Balaban J connectivity index is 1.25. The van der Waals surface area contributed by atoms with Gasteiger partial charge >= 0.3 is 0 Å². The Morgan fingerprint density at radius 2 is 1.26 bits per heavy atom. The zero-order chi connectivity index (χ0) is 21.7. The summed E-state index contributed by atoms with van der Waals surface area (Å²) in [7, 11) is -2.85. The van der Waals surface area contributed by atoms with E-state index in [-0.39, 0.29) is 22.3 Å². The number of anilines is 2. The van der Waals surface area contributed by atoms with E-state index in [4.69, 9.17) is 0 Å². The minimum absolute atomic E-state index is 0.261. The average Bonchev–Trinajstić information content (AvgIpc) is 3.12. The van der Waals surface area contributed by atoms with Gasteiger partial charge in [-0.25, -0.2) is 8.42 Å². The Labute approximate surface area is 186 Å². The SMILES string of the molecule is C[C@@]12CN(Cc3ccccc3)C[C@]1(C)CN(c1ccc(N3CCS(=O)(=O)CC3)cc1)C2. The largest absolute Gasteiger partial charge is 0.370 e. The third-order valence-corrected chi connectivity index (χ3v) is 9.46. The first kappa shape index (κ1) is 20.8. The summed E-state index contributed by atoms with van der Waals surface area (Å²) < 4.78 is 23.4. The second-order valence-electron chi connectivity index (χ2n) is 10.3. The first-order valence-corrected chi connectivity index (χ1v) is 13.1. The van der Waals surface area contributed by atoms with Gasteiger partial charge < -0.3 is 9.80 Å². The molecule has 2 atom stereocenters. The maximum Gasteiger partial charge on any atom is 0.153 e. The van der Waals surface area contributed by atoms with E-state index in [1.165, 1.54) is 11.3 Å². The van der Waals surface area contributed by atoms with Gasteiger partial charge in [0.2, 0.25) is 0 Å². The van der Waals surface area contributed by atoms with Gasteiger partial charge in [-0.1, -0.05) is 44.2 Å². The van der Waals surface area contributed by atoms with E-state index in [2.05, 4.69) is 83.1 Å². The molecule has 3 aliphatic heterocycles. The van der Waals surface area contributed by atoms with Crippen molar-refractivity contribution in [1.82, 2.24) is 4.90 Å². The Bertz CT molecular complexity index is 1010. The standard InChI is InChI=1S/C25H33N3O2S/c1-24-17-26(16-21-6-4-3-5-7-21)18-25(24,2)20-28(19-24)23-10-8-22(9-11-23)27-12-14-31(29,30)15-13-27/h3-11H,12-20H2,1-2H3/t24-,25+. The Morgan fingerprint density at radius 1 is 0.742 bits per heavy atom. The van der Waals surface area contributed by atoms with Crippen molar-refractivity contribution in [3.05, 3.63) is 60.2 Å². The maximum absolute atomic E-state index is 11.7. The van der Waals surface area contributed by atoms with Crippen LogP contribution in [0.15, 0.2) is 54.6 Å². The normalized spacial score (nSPS) is 30.5. The summed E-state index contributed by atoms with van der Waals surface area (Å²) in [6, 6.07) is 19.5. The molecule has 2 aromatic rings. The van der Waals surface area contributed by atoms with Crippen LogP contribution in [0.5, 0.6) is 0 Å². The van der Waals surface area contributed by atoms with Crippen molar-refractivity contribution in [3.8, 4) is 0 Å². The van der Waals surface area contributed by atoms with Gasteiger partial charge in [0.05, 0.1) is 11.5 Å². The van der Waals surface area contributed by atoms with Crippen LogP contribution in [0.4, 0.5) is 11.4 Å². The molecule has 166 valence electrons. The molecule has 0 amide bonds. The lowest BCUT2D eigenvalue weighted by molar-refractivity contribution is 0.212. The van der Waals surface area contributed by atoms with Gasteiger partial charge in [-0.05, 0) is 29.8 Å². The number of hydrogen-bond donors (Lipinski definition) is 0. The van der Waals surface area contributed by atoms with Crippen LogP contribution in [-0.2, 0) is 16.4 Å². The fourth-order valence-corrected chi connectivity index (χ4v) is 6.99. The van der Waals surface area contributed by atoms with Gasteiger partial charge in [0.15, 0.2) is 9.84 Å². The van der Waals surface area contributed by atoms with Gasteiger partial charge in [0.25, 0.3) is 0 Å². The van der Waals surface area contributed by atoms with E-state index in [1.807, 2.05) is 0 Å². The van der Waals surface area contributed by atoms with E-state index in [9.17, 15) is 8.42 Å². The van der Waals surface area contributed by atoms with Gasteiger partial charge in [0.1, 0.15) is 0 Å². The highest BCUT2D eigenvalue weighted by molar-refractivity contribution is 7.91. The number of likely N-dealkylation sites (tertiary alicyclic amines) is 1. The third kappa shape index (κ3) is 3.96. The molecule has 0 aliphatic carbocycles. The van der Waals surface area contributed by atoms with Gasteiger partial charge in [-0.3, -0.25) is 4.90 Å². The molecule has 3 aliphatic rings. The molecule has 3 fully saturated rings. The fraction of sp³-hybridized carbons (Fsp3) is 0.520. The lowest BCUT2D eigenvalue weighted by Crippen LogP contribution is -2.40. The zero-order valence-corrected chi connectivity index (χ0v) is 19.4. The summed E-state index contributed by atoms with van der Waals surface area (Å²) in [5.41, 5.74) is 4.36. The summed E-state index contributed by atoms with van der Waals surface area (Å²) in [5.74, 6) is 0.522. The van der Waals surface area contributed by atoms with Crippen molar-refractivity contribution < 1.29 is 8.42 Å². The molecule has 0 bridgehead atoms. The van der Waals surface area contributed by atoms with E-state index < -0.39 is 9.84 Å². The molecule has 0 N–H and O–H groups in total. The molecule has 5 nitrogen and oxygen atoms in total. The molecule has 0 unspecified atom stereocenters. The van der Waals surface area contributed by atoms with Crippen molar-refractivity contribution in [2.24, 2.45) is 10.8 Å². The molecule has 3 heterocycles. The van der Waals surface area contributed by atoms with E-state index in [1.54, 1.807) is 0 Å². The first-order valence-electron chi connectivity index (χ1n) is 11.3. The van der Waals surface area contributed by atoms with Crippen molar-refractivity contribution in [2.45, 2.75) is 20.4 Å². The quantitative estimate of drug-likeness (QED) is 0.732. The summed E-state index contributed by atoms with van der Waals surface area (Å²) in [6.07, 6.45) is 0. The number of sulfone groups is 1. The predicted molar refractivity (Wildman–Crippen MR) is 127 cm³/mol. The molecule has 6 heteroatoms. The lowest BCUT2D eigenvalue weighted by Gasteiger charge is -2.30. The molecule has 2 aromatic carbocycles. The number of benzene rings is 2. The Hall–Kier alpha value is -2.05. The second kappa shape index (κ2) is 7.52. The Kier molecular flexibility index (Phi) is 5.05. The minimum atomic E-state index is -2.85. The summed E-state index contributed by atoms with van der Waals surface area (Å²) in [5, 5.41) is 0. The maximum atomic E-state index is 11.7. The molecule has 31 heavy (non-hydrogen) atoms. The highest BCUT2D eigenvalue weighted by Crippen LogP contribution is 2.52. The second-order valence-corrected chi connectivity index (χ2v) is 12.6. The highest BCUT2D eigenvalue weighted by atomic mass is 32.2. The Morgan fingerprint density at radius 3 is 1.81 bits per heavy atom. The highest BCUT2D eigenvalue weighted by Gasteiger charge is 2.57. The van der Waals surface area contributed by atoms with Crippen molar-refractivity contribution in [3.63, 3.8) is 0 Å². The minimum Gasteiger partial charge on any atom is -0.370 e. The van der Waals surface area contributed by atoms with Crippen molar-refractivity contribution in [2.75, 3.05) is 60.6 Å². The monoisotopic (exact) mass is 439 g/mol. The van der Waals surface area contributed by atoms with E-state index >= 15 is 0 Å². The van der Waals surface area contributed by atoms with Crippen LogP contribution < -0.4 is 9.80 Å². The van der Waals surface area contributed by atoms with E-state index in [0.29, 0.717) is 13.1 Å². The third-order valence-electron chi connectivity index (χ3n) is 7.86. The molecular weight excluding hydrogens is 406 g/mol. The van der Waals surface area contributed by atoms with Crippen LogP contribution >= 0.6 is 0 Å². The molecular formula is C25H33N3O2S. The number of hydrogen-bond acceptors (Lipinski definition) is 5. The molecule has 3 saturated heterocycles. The lowest BCUT2D eigenvalue weighted by atomic mass is 9.71. The fourth-order valence-electron chi connectivity index (χ4n) is 5.79. The molecule has 0 radical (unpaired) electrons. The summed E-state index contributed by atoms with van der Waals surface area (Å²) >= 11 is 0. The van der Waals surface area contributed by atoms with Crippen molar-refractivity contribution >= 4 is 21.2 Å². The molecule has 0 saturated carbocycles. The topological polar surface area (TPSA) is 43.9 Å². The average molecular weight is 440 g/mol. The smallest absolute Gasteiger partial charge is 0.153 e. The van der Waals surface area contributed by atoms with Gasteiger partial charge in [-0.15, -0.1) is 0 Å². The first-order chi connectivity index (χ1) is 14.8. The molecule has 0 aromatic heterocycles.